The first-order valence-electron chi connectivity index (χ1n) is 3.82. The highest BCUT2D eigenvalue weighted by Crippen LogP contribution is 1.99. The van der Waals surface area contributed by atoms with Crippen LogP contribution in [-0.4, -0.2) is 38.0 Å². The van der Waals surface area contributed by atoms with Gasteiger partial charge in [-0.3, -0.25) is 4.79 Å². The van der Waals surface area contributed by atoms with Gasteiger partial charge >= 0.3 is 0 Å². The number of allylic oxidation sites excluding steroid dienone is 1. The molecule has 0 aromatic carbocycles. The fourth-order valence-electron chi connectivity index (χ4n) is 0.650. The summed E-state index contributed by atoms with van der Waals surface area (Å²) in [7, 11) is 6.23. The van der Waals surface area contributed by atoms with Crippen molar-refractivity contribution in [3.8, 4) is 0 Å². The second kappa shape index (κ2) is 5.70. The maximum atomic E-state index is 11.1. The van der Waals surface area contributed by atoms with Crippen LogP contribution in [0, 0.1) is 0 Å². The third-order valence-electron chi connectivity index (χ3n) is 1.49. The average Bonchev–Trinajstić information content (AvgIpc) is 1.80. The van der Waals surface area contributed by atoms with E-state index in [0.717, 1.165) is 11.0 Å². The van der Waals surface area contributed by atoms with E-state index in [4.69, 9.17) is 0 Å². The summed E-state index contributed by atoms with van der Waals surface area (Å²) in [6.45, 7) is 6.24. The lowest BCUT2D eigenvalue weighted by molar-refractivity contribution is -0.869. The van der Waals surface area contributed by atoms with Crippen LogP contribution in [0.1, 0.15) is 13.3 Å². The van der Waals surface area contributed by atoms with Gasteiger partial charge in [-0.05, 0) is 12.5 Å². The van der Waals surface area contributed by atoms with Crippen LogP contribution in [0.25, 0.3) is 0 Å². The van der Waals surface area contributed by atoms with E-state index < -0.39 is 0 Å². The van der Waals surface area contributed by atoms with Crippen LogP contribution in [0.3, 0.4) is 0 Å². The van der Waals surface area contributed by atoms with Crippen molar-refractivity contribution in [3.05, 3.63) is 12.2 Å². The molecule has 0 amide bonds. The zero-order valence-corrected chi connectivity index (χ0v) is 10.5. The maximum absolute atomic E-state index is 11.1. The van der Waals surface area contributed by atoms with Crippen LogP contribution < -0.4 is 24.0 Å². The molecule has 0 bridgehead atoms. The molecule has 2 nitrogen and oxygen atoms in total. The molecule has 0 aliphatic heterocycles. The van der Waals surface area contributed by atoms with E-state index in [2.05, 4.69) is 27.7 Å². The zero-order valence-electron chi connectivity index (χ0n) is 8.35. The number of quaternary nitrogens is 1. The van der Waals surface area contributed by atoms with Crippen LogP contribution in [0.2, 0.25) is 0 Å². The number of hydrogen-bond acceptors (Lipinski definition) is 1. The predicted octanol–water partition coefficient (Wildman–Crippen LogP) is -1.77. The molecular weight excluding hydrogens is 265 g/mol. The van der Waals surface area contributed by atoms with Crippen molar-refractivity contribution in [3.63, 3.8) is 0 Å². The van der Waals surface area contributed by atoms with Gasteiger partial charge in [-0.2, -0.15) is 0 Å². The van der Waals surface area contributed by atoms with E-state index in [0.29, 0.717) is 12.0 Å². The normalized spacial score (nSPS) is 10.3. The molecule has 0 aromatic rings. The van der Waals surface area contributed by atoms with Gasteiger partial charge in [-0.25, -0.2) is 0 Å². The topological polar surface area (TPSA) is 17.1 Å². The van der Waals surface area contributed by atoms with Crippen LogP contribution in [0.5, 0.6) is 0 Å². The van der Waals surface area contributed by atoms with Gasteiger partial charge in [0.25, 0.3) is 0 Å². The quantitative estimate of drug-likeness (QED) is 0.339. The Morgan fingerprint density at radius 3 is 2.00 bits per heavy atom. The van der Waals surface area contributed by atoms with E-state index in [9.17, 15) is 4.79 Å². The molecule has 0 saturated carbocycles. The summed E-state index contributed by atoms with van der Waals surface area (Å²) in [5, 5.41) is 0. The van der Waals surface area contributed by atoms with Gasteiger partial charge in [0.2, 0.25) is 0 Å². The van der Waals surface area contributed by atoms with Gasteiger partial charge in [0.1, 0.15) is 0 Å². The van der Waals surface area contributed by atoms with Crippen molar-refractivity contribution in [2.45, 2.75) is 13.3 Å². The number of ketones is 1. The van der Waals surface area contributed by atoms with Crippen molar-refractivity contribution in [1.82, 2.24) is 0 Å². The number of hydrogen-bond donors (Lipinski definition) is 0. The third-order valence-corrected chi connectivity index (χ3v) is 1.49. The highest BCUT2D eigenvalue weighted by molar-refractivity contribution is 5.94. The molecule has 0 radical (unpaired) electrons. The highest BCUT2D eigenvalue weighted by atomic mass is 127. The summed E-state index contributed by atoms with van der Waals surface area (Å²) in [4.78, 5) is 11.1. The molecule has 72 valence electrons. The van der Waals surface area contributed by atoms with Gasteiger partial charge in [-0.15, -0.1) is 0 Å². The van der Waals surface area contributed by atoms with Crippen LogP contribution in [-0.2, 0) is 4.79 Å². The number of rotatable bonds is 4. The fourth-order valence-corrected chi connectivity index (χ4v) is 0.650. The molecule has 12 heavy (non-hydrogen) atoms. The Morgan fingerprint density at radius 2 is 1.75 bits per heavy atom. The van der Waals surface area contributed by atoms with Gasteiger partial charge in [0.15, 0.2) is 5.78 Å². The minimum atomic E-state index is 0. The second-order valence-corrected chi connectivity index (χ2v) is 3.97. The molecule has 0 fully saturated rings. The Kier molecular flexibility index (Phi) is 6.94. The minimum Gasteiger partial charge on any atom is -1.00 e. The molecule has 0 aliphatic carbocycles. The van der Waals surface area contributed by atoms with Crippen molar-refractivity contribution in [2.75, 3.05) is 27.7 Å². The molecule has 0 unspecified atom stereocenters. The number of carbonyl (C=O) groups is 1. The molecule has 0 rings (SSSR count). The molecule has 0 aliphatic rings. The summed E-state index contributed by atoms with van der Waals surface area (Å²) in [6.07, 6.45) is 0.610. The van der Waals surface area contributed by atoms with Gasteiger partial charge in [0, 0.05) is 0 Å². The Hall–Kier alpha value is 0.1000. The van der Waals surface area contributed by atoms with Crippen molar-refractivity contribution in [2.24, 2.45) is 0 Å². The minimum absolute atomic E-state index is 0. The first kappa shape index (κ1) is 14.6. The Bertz CT molecular complexity index is 170. The number of carbonyl (C=O) groups excluding carboxylic acids is 1. The van der Waals surface area contributed by atoms with Gasteiger partial charge in [-0.1, -0.05) is 6.58 Å². The molecule has 0 N–H and O–H groups in total. The first-order chi connectivity index (χ1) is 4.83. The number of nitrogens with zero attached hydrogens (tertiary/aromatic N) is 1. The van der Waals surface area contributed by atoms with E-state index in [-0.39, 0.29) is 29.8 Å². The molecule has 0 saturated heterocycles. The first-order valence-corrected chi connectivity index (χ1v) is 3.82. The van der Waals surface area contributed by atoms with Crippen LogP contribution in [0.4, 0.5) is 0 Å². The van der Waals surface area contributed by atoms with E-state index in [1.54, 1.807) is 6.92 Å². The van der Waals surface area contributed by atoms with Crippen LogP contribution in [0.15, 0.2) is 12.2 Å². The number of Topliss-reactive ketones (excluding diaryl/α,β-unsaturated/α-hetero) is 1. The summed E-state index contributed by atoms with van der Waals surface area (Å²) in [5.41, 5.74) is 0.665. The van der Waals surface area contributed by atoms with Crippen LogP contribution >= 0.6 is 0 Å². The Balaban J connectivity index is 0. The molecule has 0 heterocycles. The summed E-state index contributed by atoms with van der Waals surface area (Å²) >= 11 is 0. The fraction of sp³-hybridized carbons (Fsp3) is 0.667. The summed E-state index contributed by atoms with van der Waals surface area (Å²) in [6, 6.07) is 0. The zero-order chi connectivity index (χ0) is 9.07. The van der Waals surface area contributed by atoms with E-state index >= 15 is 0 Å². The Labute approximate surface area is 92.2 Å². The molecule has 0 atom stereocenters. The lowest BCUT2D eigenvalue weighted by Gasteiger charge is -2.23. The van der Waals surface area contributed by atoms with Crippen molar-refractivity contribution >= 4 is 5.78 Å². The third kappa shape index (κ3) is 8.20. The second-order valence-electron chi connectivity index (χ2n) is 3.97. The lowest BCUT2D eigenvalue weighted by atomic mass is 10.1. The smallest absolute Gasteiger partial charge is 0.163 e. The summed E-state index contributed by atoms with van der Waals surface area (Å²) < 4.78 is 0.832. The van der Waals surface area contributed by atoms with Crippen molar-refractivity contribution in [1.29, 1.82) is 0 Å². The standard InChI is InChI=1S/C9H18NO.HI/c1-8(2)9(11)6-7-10(3,4)5;/h1,6-7H2,2-5H3;1H/q+1;/p-1. The van der Waals surface area contributed by atoms with Crippen molar-refractivity contribution < 1.29 is 33.3 Å². The summed E-state index contributed by atoms with van der Waals surface area (Å²) in [5.74, 6) is 0.179. The van der Waals surface area contributed by atoms with Gasteiger partial charge < -0.3 is 28.5 Å². The van der Waals surface area contributed by atoms with Gasteiger partial charge in [0.05, 0.1) is 34.1 Å². The van der Waals surface area contributed by atoms with E-state index in [1.807, 2.05) is 0 Å². The Morgan fingerprint density at radius 1 is 1.33 bits per heavy atom. The lowest BCUT2D eigenvalue weighted by Crippen LogP contribution is -3.00. The molecule has 0 aromatic heterocycles. The predicted molar refractivity (Wildman–Crippen MR) is 47.3 cm³/mol. The van der Waals surface area contributed by atoms with E-state index in [1.165, 1.54) is 0 Å². The maximum Gasteiger partial charge on any atom is 0.163 e. The molecular formula is C9H18INO. The highest BCUT2D eigenvalue weighted by Gasteiger charge is 2.10. The number of halogens is 1. The molecule has 0 spiro atoms. The SMILES string of the molecule is C=C(C)C(=O)CC[N+](C)(C)C.[I-]. The average molecular weight is 283 g/mol. The largest absolute Gasteiger partial charge is 1.00 e. The molecule has 3 heteroatoms. The monoisotopic (exact) mass is 283 g/mol.